The highest BCUT2D eigenvalue weighted by molar-refractivity contribution is 5.88. The van der Waals surface area contributed by atoms with Gasteiger partial charge in [0.15, 0.2) is 0 Å². The summed E-state index contributed by atoms with van der Waals surface area (Å²) in [5.41, 5.74) is 0.242. The number of nitrogens with zero attached hydrogens (tertiary/aromatic N) is 1. The maximum absolute atomic E-state index is 13.1. The van der Waals surface area contributed by atoms with E-state index < -0.39 is 17.8 Å². The Kier molecular flexibility index (Phi) is 2.69. The van der Waals surface area contributed by atoms with E-state index >= 15 is 0 Å². The molecular formula is C13H13F3N2O. The fraction of sp³-hybridized carbons (Fsp3) is 0.462. The first-order chi connectivity index (χ1) is 8.98. The van der Waals surface area contributed by atoms with E-state index in [0.717, 1.165) is 6.07 Å². The fourth-order valence-corrected chi connectivity index (χ4v) is 2.92. The molecule has 0 saturated carbocycles. The van der Waals surface area contributed by atoms with Crippen molar-refractivity contribution in [1.29, 1.82) is 0 Å². The van der Waals surface area contributed by atoms with Gasteiger partial charge >= 0.3 is 6.18 Å². The van der Waals surface area contributed by atoms with Gasteiger partial charge in [-0.1, -0.05) is 12.1 Å². The zero-order valence-corrected chi connectivity index (χ0v) is 10.1. The summed E-state index contributed by atoms with van der Waals surface area (Å²) in [5, 5.41) is 2.71. The molecule has 0 spiro atoms. The van der Waals surface area contributed by atoms with Gasteiger partial charge in [0.1, 0.15) is 6.04 Å². The monoisotopic (exact) mass is 270 g/mol. The number of piperazine rings is 1. The van der Waals surface area contributed by atoms with E-state index in [1.165, 1.54) is 6.07 Å². The van der Waals surface area contributed by atoms with Gasteiger partial charge in [-0.2, -0.15) is 13.2 Å². The van der Waals surface area contributed by atoms with Gasteiger partial charge in [0.2, 0.25) is 5.91 Å². The van der Waals surface area contributed by atoms with Crippen LogP contribution >= 0.6 is 0 Å². The van der Waals surface area contributed by atoms with E-state index in [2.05, 4.69) is 5.32 Å². The van der Waals surface area contributed by atoms with Gasteiger partial charge < -0.3 is 10.2 Å². The summed E-state index contributed by atoms with van der Waals surface area (Å²) in [6.45, 7) is 0.817. The Morgan fingerprint density at radius 3 is 2.84 bits per heavy atom. The van der Waals surface area contributed by atoms with Crippen LogP contribution in [0, 0.1) is 0 Å². The molecule has 0 bridgehead atoms. The van der Waals surface area contributed by atoms with Gasteiger partial charge in [0, 0.05) is 13.1 Å². The number of anilines is 1. The lowest BCUT2D eigenvalue weighted by Crippen LogP contribution is -2.57. The molecule has 2 aliphatic heterocycles. The molecule has 1 unspecified atom stereocenters. The highest BCUT2D eigenvalue weighted by atomic mass is 19.4. The van der Waals surface area contributed by atoms with Gasteiger partial charge in [-0.15, -0.1) is 0 Å². The minimum absolute atomic E-state index is 0.172. The number of hydrogen-bond acceptors (Lipinski definition) is 2. The quantitative estimate of drug-likeness (QED) is 0.781. The van der Waals surface area contributed by atoms with E-state index in [4.69, 9.17) is 0 Å². The van der Waals surface area contributed by atoms with Crippen LogP contribution in [-0.4, -0.2) is 25.0 Å². The summed E-state index contributed by atoms with van der Waals surface area (Å²) in [7, 11) is 0. The highest BCUT2D eigenvalue weighted by Crippen LogP contribution is 2.42. The molecule has 0 aliphatic carbocycles. The third-order valence-electron chi connectivity index (χ3n) is 3.73. The number of carbonyl (C=O) groups excluding carboxylic acids is 1. The number of alkyl halides is 3. The Balaban J connectivity index is 2.12. The second kappa shape index (κ2) is 4.15. The number of nitrogens with one attached hydrogen (secondary N) is 1. The molecule has 1 aromatic rings. The lowest BCUT2D eigenvalue weighted by atomic mass is 9.91. The molecule has 1 atom stereocenters. The van der Waals surface area contributed by atoms with E-state index in [0.29, 0.717) is 31.5 Å². The number of amides is 1. The third-order valence-corrected chi connectivity index (χ3v) is 3.73. The number of aryl methyl sites for hydroxylation is 1. The van der Waals surface area contributed by atoms with E-state index in [1.54, 1.807) is 11.0 Å². The molecule has 3 nitrogen and oxygen atoms in total. The Morgan fingerprint density at radius 2 is 2.11 bits per heavy atom. The van der Waals surface area contributed by atoms with Crippen LogP contribution in [0.4, 0.5) is 18.9 Å². The summed E-state index contributed by atoms with van der Waals surface area (Å²) in [5.74, 6) is -0.172. The SMILES string of the molecule is O=C1NCCN2c3c(cccc3C(F)(F)F)CCC12. The normalized spacial score (nSPS) is 22.6. The van der Waals surface area contributed by atoms with Crippen LogP contribution in [0.1, 0.15) is 17.5 Å². The van der Waals surface area contributed by atoms with Gasteiger partial charge in [0.25, 0.3) is 0 Å². The average Bonchev–Trinajstić information content (AvgIpc) is 2.37. The summed E-state index contributed by atoms with van der Waals surface area (Å²) in [6.07, 6.45) is -3.31. The van der Waals surface area contributed by atoms with E-state index in [1.807, 2.05) is 0 Å². The van der Waals surface area contributed by atoms with Crippen molar-refractivity contribution in [2.24, 2.45) is 0 Å². The summed E-state index contributed by atoms with van der Waals surface area (Å²) < 4.78 is 39.3. The Morgan fingerprint density at radius 1 is 1.32 bits per heavy atom. The van der Waals surface area contributed by atoms with Crippen molar-refractivity contribution in [2.75, 3.05) is 18.0 Å². The minimum Gasteiger partial charge on any atom is -0.357 e. The number of carbonyl (C=O) groups is 1. The lowest BCUT2D eigenvalue weighted by Gasteiger charge is -2.42. The van der Waals surface area contributed by atoms with Gasteiger partial charge in [-0.25, -0.2) is 0 Å². The first kappa shape index (κ1) is 12.3. The fourth-order valence-electron chi connectivity index (χ4n) is 2.92. The first-order valence-electron chi connectivity index (χ1n) is 6.22. The maximum Gasteiger partial charge on any atom is 0.418 e. The van der Waals surface area contributed by atoms with Crippen molar-refractivity contribution in [2.45, 2.75) is 25.1 Å². The summed E-state index contributed by atoms with van der Waals surface area (Å²) in [6, 6.07) is 3.78. The molecule has 1 amide bonds. The summed E-state index contributed by atoms with van der Waals surface area (Å²) in [4.78, 5) is 13.4. The van der Waals surface area contributed by atoms with Crippen LogP contribution in [0.5, 0.6) is 0 Å². The second-order valence-corrected chi connectivity index (χ2v) is 4.85. The van der Waals surface area contributed by atoms with E-state index in [-0.39, 0.29) is 11.6 Å². The Bertz CT molecular complexity index is 527. The zero-order chi connectivity index (χ0) is 13.6. The van der Waals surface area contributed by atoms with Crippen molar-refractivity contribution < 1.29 is 18.0 Å². The van der Waals surface area contributed by atoms with Gasteiger partial charge in [-0.05, 0) is 24.5 Å². The van der Waals surface area contributed by atoms with Crippen molar-refractivity contribution in [3.8, 4) is 0 Å². The number of rotatable bonds is 0. The predicted octanol–water partition coefficient (Wildman–Crippen LogP) is 1.96. The van der Waals surface area contributed by atoms with Crippen LogP contribution in [0.25, 0.3) is 0 Å². The van der Waals surface area contributed by atoms with Gasteiger partial charge in [0.05, 0.1) is 11.3 Å². The molecule has 1 aromatic carbocycles. The van der Waals surface area contributed by atoms with Gasteiger partial charge in [-0.3, -0.25) is 4.79 Å². The largest absolute Gasteiger partial charge is 0.418 e. The van der Waals surface area contributed by atoms with Crippen LogP contribution < -0.4 is 10.2 Å². The highest BCUT2D eigenvalue weighted by Gasteiger charge is 2.41. The summed E-state index contributed by atoms with van der Waals surface area (Å²) >= 11 is 0. The molecule has 0 aromatic heterocycles. The molecular weight excluding hydrogens is 257 g/mol. The van der Waals surface area contributed by atoms with E-state index in [9.17, 15) is 18.0 Å². The number of fused-ring (bicyclic) bond motifs is 3. The van der Waals surface area contributed by atoms with Crippen molar-refractivity contribution >= 4 is 11.6 Å². The third kappa shape index (κ3) is 1.95. The topological polar surface area (TPSA) is 32.3 Å². The smallest absolute Gasteiger partial charge is 0.357 e. The molecule has 102 valence electrons. The lowest BCUT2D eigenvalue weighted by molar-refractivity contribution is -0.137. The predicted molar refractivity (Wildman–Crippen MR) is 63.9 cm³/mol. The molecule has 6 heteroatoms. The first-order valence-corrected chi connectivity index (χ1v) is 6.22. The van der Waals surface area contributed by atoms with Crippen LogP contribution in [0.2, 0.25) is 0 Å². The molecule has 2 aliphatic rings. The van der Waals surface area contributed by atoms with Crippen LogP contribution in [-0.2, 0) is 17.4 Å². The molecule has 19 heavy (non-hydrogen) atoms. The number of hydrogen-bond donors (Lipinski definition) is 1. The number of benzene rings is 1. The average molecular weight is 270 g/mol. The van der Waals surface area contributed by atoms with Crippen molar-refractivity contribution in [3.05, 3.63) is 29.3 Å². The zero-order valence-electron chi connectivity index (χ0n) is 10.1. The molecule has 1 N–H and O–H groups in total. The number of halogens is 3. The number of para-hydroxylation sites is 1. The standard InChI is InChI=1S/C13H13F3N2O/c14-13(15,16)9-3-1-2-8-4-5-10-12(19)17-6-7-18(10)11(8)9/h1-3,10H,4-7H2,(H,17,19). The maximum atomic E-state index is 13.1. The molecule has 1 fully saturated rings. The molecule has 3 rings (SSSR count). The van der Waals surface area contributed by atoms with Crippen molar-refractivity contribution in [3.63, 3.8) is 0 Å². The minimum atomic E-state index is -4.39. The van der Waals surface area contributed by atoms with Crippen LogP contribution in [0.3, 0.4) is 0 Å². The Hall–Kier alpha value is -1.72. The molecule has 1 saturated heterocycles. The van der Waals surface area contributed by atoms with Crippen LogP contribution in [0.15, 0.2) is 18.2 Å². The Labute approximate surface area is 108 Å². The molecule has 0 radical (unpaired) electrons. The second-order valence-electron chi connectivity index (χ2n) is 4.85. The molecule has 2 heterocycles. The van der Waals surface area contributed by atoms with Crippen molar-refractivity contribution in [1.82, 2.24) is 5.32 Å².